The molecule has 98 valence electrons. The Labute approximate surface area is 111 Å². The van der Waals surface area contributed by atoms with Gasteiger partial charge in [-0.1, -0.05) is 44.4 Å². The van der Waals surface area contributed by atoms with E-state index in [1.165, 1.54) is 48.7 Å². The van der Waals surface area contributed by atoms with E-state index >= 15 is 0 Å². The number of benzene rings is 1. The molecule has 0 N–H and O–H groups in total. The Bertz CT molecular complexity index is 493. The first-order valence-corrected chi connectivity index (χ1v) is 7.33. The molecule has 1 heteroatoms. The van der Waals surface area contributed by atoms with Crippen LogP contribution in [-0.2, 0) is 6.42 Å². The van der Waals surface area contributed by atoms with Crippen molar-refractivity contribution in [2.24, 2.45) is 0 Å². The Morgan fingerprint density at radius 1 is 1.06 bits per heavy atom. The van der Waals surface area contributed by atoms with Gasteiger partial charge in [0.2, 0.25) is 0 Å². The van der Waals surface area contributed by atoms with Crippen LogP contribution < -0.4 is 0 Å². The van der Waals surface area contributed by atoms with Gasteiger partial charge in [0, 0.05) is 17.3 Å². The molecule has 0 saturated carbocycles. The zero-order valence-corrected chi connectivity index (χ0v) is 11.9. The summed E-state index contributed by atoms with van der Waals surface area (Å²) in [6, 6.07) is 11.7. The maximum Gasteiger partial charge on any atom is 0.0484 e. The highest BCUT2D eigenvalue weighted by Crippen LogP contribution is 2.25. The van der Waals surface area contributed by atoms with E-state index < -0.39 is 0 Å². The third-order valence-electron chi connectivity index (χ3n) is 3.63. The lowest BCUT2D eigenvalue weighted by Crippen LogP contribution is -2.05. The van der Waals surface area contributed by atoms with Crippen molar-refractivity contribution in [1.82, 2.24) is 4.57 Å². The SMILES string of the molecule is CCCCCCc1cc2ccccc2n1C(C)C. The van der Waals surface area contributed by atoms with Crippen LogP contribution in [0.2, 0.25) is 0 Å². The smallest absolute Gasteiger partial charge is 0.0484 e. The number of para-hydroxylation sites is 1. The average molecular weight is 243 g/mol. The van der Waals surface area contributed by atoms with Crippen molar-refractivity contribution < 1.29 is 0 Å². The van der Waals surface area contributed by atoms with Gasteiger partial charge in [0.1, 0.15) is 0 Å². The molecule has 1 aromatic carbocycles. The molecule has 1 heterocycles. The van der Waals surface area contributed by atoms with Crippen molar-refractivity contribution in [3.05, 3.63) is 36.0 Å². The van der Waals surface area contributed by atoms with Gasteiger partial charge in [-0.25, -0.2) is 0 Å². The second-order valence-corrected chi connectivity index (χ2v) is 5.47. The number of unbranched alkanes of at least 4 members (excludes halogenated alkanes) is 3. The number of hydrogen-bond donors (Lipinski definition) is 0. The van der Waals surface area contributed by atoms with Crippen LogP contribution in [0.25, 0.3) is 10.9 Å². The fourth-order valence-corrected chi connectivity index (χ4v) is 2.77. The van der Waals surface area contributed by atoms with Crippen LogP contribution >= 0.6 is 0 Å². The largest absolute Gasteiger partial charge is 0.342 e. The number of nitrogens with zero attached hydrogens (tertiary/aromatic N) is 1. The molecule has 0 amide bonds. The molecule has 1 nitrogen and oxygen atoms in total. The summed E-state index contributed by atoms with van der Waals surface area (Å²) >= 11 is 0. The van der Waals surface area contributed by atoms with Crippen molar-refractivity contribution in [3.8, 4) is 0 Å². The van der Waals surface area contributed by atoms with Crippen LogP contribution in [0.5, 0.6) is 0 Å². The minimum Gasteiger partial charge on any atom is -0.342 e. The fourth-order valence-electron chi connectivity index (χ4n) is 2.77. The lowest BCUT2D eigenvalue weighted by atomic mass is 10.1. The molecule has 0 spiro atoms. The maximum atomic E-state index is 2.50. The number of rotatable bonds is 6. The zero-order valence-electron chi connectivity index (χ0n) is 11.9. The van der Waals surface area contributed by atoms with Crippen LogP contribution in [0, 0.1) is 0 Å². The van der Waals surface area contributed by atoms with Crippen LogP contribution in [0.4, 0.5) is 0 Å². The minimum atomic E-state index is 0.547. The first-order valence-electron chi connectivity index (χ1n) is 7.33. The monoisotopic (exact) mass is 243 g/mol. The molecule has 18 heavy (non-hydrogen) atoms. The van der Waals surface area contributed by atoms with Crippen molar-refractivity contribution >= 4 is 10.9 Å². The quantitative estimate of drug-likeness (QED) is 0.603. The Balaban J connectivity index is 2.23. The van der Waals surface area contributed by atoms with Gasteiger partial charge in [0.05, 0.1) is 0 Å². The Morgan fingerprint density at radius 2 is 1.83 bits per heavy atom. The molecule has 0 unspecified atom stereocenters. The van der Waals surface area contributed by atoms with Gasteiger partial charge in [-0.3, -0.25) is 0 Å². The van der Waals surface area contributed by atoms with Gasteiger partial charge in [0.25, 0.3) is 0 Å². The lowest BCUT2D eigenvalue weighted by molar-refractivity contribution is 0.575. The summed E-state index contributed by atoms with van der Waals surface area (Å²) in [7, 11) is 0. The average Bonchev–Trinajstić information content (AvgIpc) is 2.73. The summed E-state index contributed by atoms with van der Waals surface area (Å²) in [5.74, 6) is 0. The van der Waals surface area contributed by atoms with Gasteiger partial charge >= 0.3 is 0 Å². The Kier molecular flexibility index (Phi) is 4.46. The van der Waals surface area contributed by atoms with Crippen molar-refractivity contribution in [2.45, 2.75) is 58.9 Å². The number of hydrogen-bond acceptors (Lipinski definition) is 0. The van der Waals surface area contributed by atoms with Crippen LogP contribution in [0.1, 0.15) is 58.2 Å². The third kappa shape index (κ3) is 2.77. The highest BCUT2D eigenvalue weighted by molar-refractivity contribution is 5.81. The number of fused-ring (bicyclic) bond motifs is 1. The van der Waals surface area contributed by atoms with Gasteiger partial charge < -0.3 is 4.57 Å². The van der Waals surface area contributed by atoms with Gasteiger partial charge in [0.15, 0.2) is 0 Å². The molecule has 2 aromatic rings. The summed E-state index contributed by atoms with van der Waals surface area (Å²) in [4.78, 5) is 0. The first-order chi connectivity index (χ1) is 8.74. The van der Waals surface area contributed by atoms with E-state index in [1.54, 1.807) is 0 Å². The maximum absolute atomic E-state index is 2.50. The molecule has 0 saturated heterocycles. The zero-order chi connectivity index (χ0) is 13.0. The van der Waals surface area contributed by atoms with Crippen molar-refractivity contribution in [3.63, 3.8) is 0 Å². The second-order valence-electron chi connectivity index (χ2n) is 5.47. The summed E-state index contributed by atoms with van der Waals surface area (Å²) in [6.45, 7) is 6.83. The van der Waals surface area contributed by atoms with E-state index in [2.05, 4.69) is 55.7 Å². The van der Waals surface area contributed by atoms with Gasteiger partial charge in [-0.2, -0.15) is 0 Å². The molecule has 0 bridgehead atoms. The fraction of sp³-hybridized carbons (Fsp3) is 0.529. The van der Waals surface area contributed by atoms with E-state index in [0.29, 0.717) is 6.04 Å². The topological polar surface area (TPSA) is 4.93 Å². The van der Waals surface area contributed by atoms with E-state index in [4.69, 9.17) is 0 Å². The van der Waals surface area contributed by atoms with Crippen LogP contribution in [-0.4, -0.2) is 4.57 Å². The van der Waals surface area contributed by atoms with Crippen molar-refractivity contribution in [1.29, 1.82) is 0 Å². The van der Waals surface area contributed by atoms with E-state index in [-0.39, 0.29) is 0 Å². The molecule has 2 rings (SSSR count). The van der Waals surface area contributed by atoms with Crippen LogP contribution in [0.3, 0.4) is 0 Å². The molecular formula is C17H25N. The Morgan fingerprint density at radius 3 is 2.56 bits per heavy atom. The van der Waals surface area contributed by atoms with E-state index in [9.17, 15) is 0 Å². The lowest BCUT2D eigenvalue weighted by Gasteiger charge is -2.14. The van der Waals surface area contributed by atoms with E-state index in [0.717, 1.165) is 0 Å². The molecule has 0 atom stereocenters. The molecule has 1 aromatic heterocycles. The summed E-state index contributed by atoms with van der Waals surface area (Å²) < 4.78 is 2.50. The predicted octanol–water partition coefficient (Wildman–Crippen LogP) is 5.35. The summed E-state index contributed by atoms with van der Waals surface area (Å²) in [6.07, 6.45) is 6.56. The number of aryl methyl sites for hydroxylation is 1. The molecule has 0 aliphatic rings. The minimum absolute atomic E-state index is 0.547. The van der Waals surface area contributed by atoms with Crippen LogP contribution in [0.15, 0.2) is 30.3 Å². The Hall–Kier alpha value is -1.24. The highest BCUT2D eigenvalue weighted by Gasteiger charge is 2.10. The number of aromatic nitrogens is 1. The summed E-state index contributed by atoms with van der Waals surface area (Å²) in [5.41, 5.74) is 2.89. The standard InChI is InChI=1S/C17H25N/c1-4-5-6-7-11-16-13-15-10-8-9-12-17(15)18(16)14(2)3/h8-10,12-14H,4-7,11H2,1-3H3. The highest BCUT2D eigenvalue weighted by atomic mass is 15.0. The molecule has 0 radical (unpaired) electrons. The van der Waals surface area contributed by atoms with Gasteiger partial charge in [-0.05, 0) is 44.2 Å². The van der Waals surface area contributed by atoms with E-state index in [1.807, 2.05) is 0 Å². The third-order valence-corrected chi connectivity index (χ3v) is 3.63. The molecule has 0 aliphatic heterocycles. The van der Waals surface area contributed by atoms with Crippen molar-refractivity contribution in [2.75, 3.05) is 0 Å². The second kappa shape index (κ2) is 6.08. The molecule has 0 aliphatic carbocycles. The first kappa shape index (κ1) is 13.2. The summed E-state index contributed by atoms with van der Waals surface area (Å²) in [5, 5.41) is 1.39. The molecular weight excluding hydrogens is 218 g/mol. The normalized spacial score (nSPS) is 11.6. The van der Waals surface area contributed by atoms with Gasteiger partial charge in [-0.15, -0.1) is 0 Å². The predicted molar refractivity (Wildman–Crippen MR) is 80.2 cm³/mol. The molecule has 0 fully saturated rings.